The summed E-state index contributed by atoms with van der Waals surface area (Å²) in [4.78, 5) is 0. The van der Waals surface area contributed by atoms with Crippen molar-refractivity contribution in [1.82, 2.24) is 0 Å². The maximum atomic E-state index is 5.63. The standard InChI is InChI=1S/C20H16O4/c1-2-10-18-17(9-1)21-13-5-6-15-23-19-11-3-4-12-20(19)24-16-8-7-14-22-18/h1-4,9-12H,13-16H2. The van der Waals surface area contributed by atoms with Gasteiger partial charge in [0.05, 0.1) is 0 Å². The maximum Gasteiger partial charge on any atom is 0.162 e. The van der Waals surface area contributed by atoms with Crippen molar-refractivity contribution >= 4 is 0 Å². The molecule has 0 saturated carbocycles. The van der Waals surface area contributed by atoms with Crippen LogP contribution in [0.25, 0.3) is 0 Å². The molecule has 4 nitrogen and oxygen atoms in total. The van der Waals surface area contributed by atoms with Crippen molar-refractivity contribution in [1.29, 1.82) is 0 Å². The van der Waals surface area contributed by atoms with Gasteiger partial charge in [-0.1, -0.05) is 47.9 Å². The molecule has 2 aromatic rings. The molecule has 3 rings (SSSR count). The van der Waals surface area contributed by atoms with Gasteiger partial charge >= 0.3 is 0 Å². The Morgan fingerprint density at radius 3 is 0.958 bits per heavy atom. The number of ether oxygens (including phenoxy) is 4. The lowest BCUT2D eigenvalue weighted by Crippen LogP contribution is -2.03. The van der Waals surface area contributed by atoms with Crippen LogP contribution < -0.4 is 18.9 Å². The molecule has 0 aromatic heterocycles. The highest BCUT2D eigenvalue weighted by Gasteiger charge is 2.04. The lowest BCUT2D eigenvalue weighted by molar-refractivity contribution is 0.307. The van der Waals surface area contributed by atoms with E-state index in [1.165, 1.54) is 0 Å². The quantitative estimate of drug-likeness (QED) is 0.700. The molecular formula is C20H16O4. The van der Waals surface area contributed by atoms with Crippen LogP contribution in [0.3, 0.4) is 0 Å². The van der Waals surface area contributed by atoms with E-state index in [-0.39, 0.29) is 26.4 Å². The molecule has 0 bridgehead atoms. The van der Waals surface area contributed by atoms with Crippen molar-refractivity contribution in [3.63, 3.8) is 0 Å². The van der Waals surface area contributed by atoms with Crippen LogP contribution in [0.1, 0.15) is 0 Å². The van der Waals surface area contributed by atoms with Gasteiger partial charge in [-0.3, -0.25) is 0 Å². The van der Waals surface area contributed by atoms with Gasteiger partial charge in [0, 0.05) is 0 Å². The van der Waals surface area contributed by atoms with Crippen molar-refractivity contribution in [3.05, 3.63) is 48.5 Å². The zero-order valence-electron chi connectivity index (χ0n) is 13.1. The van der Waals surface area contributed by atoms with Gasteiger partial charge in [0.15, 0.2) is 23.0 Å². The fraction of sp³-hybridized carbons (Fsp3) is 0.200. The van der Waals surface area contributed by atoms with E-state index in [2.05, 4.69) is 23.7 Å². The van der Waals surface area contributed by atoms with Gasteiger partial charge in [-0.15, -0.1) is 0 Å². The predicted molar refractivity (Wildman–Crippen MR) is 90.4 cm³/mol. The normalized spacial score (nSPS) is 13.7. The highest BCUT2D eigenvalue weighted by Crippen LogP contribution is 2.27. The van der Waals surface area contributed by atoms with Crippen molar-refractivity contribution in [2.24, 2.45) is 0 Å². The Kier molecular flexibility index (Phi) is 5.48. The van der Waals surface area contributed by atoms with Crippen LogP contribution in [0.2, 0.25) is 0 Å². The average Bonchev–Trinajstić information content (AvgIpc) is 2.62. The second-order valence-electron chi connectivity index (χ2n) is 4.76. The molecule has 0 aliphatic carbocycles. The van der Waals surface area contributed by atoms with Crippen LogP contribution in [-0.4, -0.2) is 26.4 Å². The number of benzene rings is 2. The van der Waals surface area contributed by atoms with Gasteiger partial charge in [-0.05, 0) is 24.3 Å². The zero-order chi connectivity index (χ0) is 16.5. The first-order valence-corrected chi connectivity index (χ1v) is 7.54. The van der Waals surface area contributed by atoms with Crippen molar-refractivity contribution in [2.45, 2.75) is 0 Å². The maximum absolute atomic E-state index is 5.63. The van der Waals surface area contributed by atoms with Gasteiger partial charge < -0.3 is 18.9 Å². The van der Waals surface area contributed by atoms with Crippen LogP contribution >= 0.6 is 0 Å². The Bertz CT molecular complexity index is 674. The average molecular weight is 320 g/mol. The second-order valence-corrected chi connectivity index (χ2v) is 4.76. The Morgan fingerprint density at radius 1 is 0.458 bits per heavy atom. The largest absolute Gasteiger partial charge is 0.477 e. The van der Waals surface area contributed by atoms with E-state index in [1.807, 2.05) is 48.5 Å². The molecule has 0 atom stereocenters. The molecule has 1 aliphatic rings. The second kappa shape index (κ2) is 8.41. The van der Waals surface area contributed by atoms with E-state index in [0.29, 0.717) is 23.0 Å². The summed E-state index contributed by atoms with van der Waals surface area (Å²) in [7, 11) is 0. The fourth-order valence-electron chi connectivity index (χ4n) is 2.04. The van der Waals surface area contributed by atoms with Crippen LogP contribution in [0.15, 0.2) is 48.5 Å². The lowest BCUT2D eigenvalue weighted by Gasteiger charge is -2.10. The summed E-state index contributed by atoms with van der Waals surface area (Å²) < 4.78 is 22.5. The third-order valence-electron chi connectivity index (χ3n) is 3.15. The molecule has 0 spiro atoms. The summed E-state index contributed by atoms with van der Waals surface area (Å²) in [6.07, 6.45) is 0. The highest BCUT2D eigenvalue weighted by atomic mass is 16.5. The first-order chi connectivity index (χ1) is 11.9. The topological polar surface area (TPSA) is 36.9 Å². The van der Waals surface area contributed by atoms with E-state index in [1.54, 1.807) is 0 Å². The molecular weight excluding hydrogens is 304 g/mol. The van der Waals surface area contributed by atoms with Crippen LogP contribution in [-0.2, 0) is 0 Å². The number of fused-ring (bicyclic) bond motifs is 2. The summed E-state index contributed by atoms with van der Waals surface area (Å²) in [6, 6.07) is 14.9. The molecule has 1 heterocycles. The van der Waals surface area contributed by atoms with Crippen LogP contribution in [0, 0.1) is 23.7 Å². The van der Waals surface area contributed by atoms with Gasteiger partial charge in [0.1, 0.15) is 26.4 Å². The minimum absolute atomic E-state index is 0.257. The first kappa shape index (κ1) is 15.6. The third kappa shape index (κ3) is 4.38. The Hall–Kier alpha value is -3.24. The smallest absolute Gasteiger partial charge is 0.162 e. The summed E-state index contributed by atoms with van der Waals surface area (Å²) in [5, 5.41) is 0. The molecule has 4 heteroatoms. The fourth-order valence-corrected chi connectivity index (χ4v) is 2.04. The Balaban J connectivity index is 1.75. The molecule has 120 valence electrons. The zero-order valence-corrected chi connectivity index (χ0v) is 13.1. The van der Waals surface area contributed by atoms with Crippen LogP contribution in [0.4, 0.5) is 0 Å². The molecule has 0 saturated heterocycles. The van der Waals surface area contributed by atoms with E-state index < -0.39 is 0 Å². The van der Waals surface area contributed by atoms with Crippen molar-refractivity contribution in [2.75, 3.05) is 26.4 Å². The molecule has 1 aliphatic heterocycles. The van der Waals surface area contributed by atoms with Gasteiger partial charge in [-0.2, -0.15) is 0 Å². The molecule has 0 fully saturated rings. The number of hydrogen-bond donors (Lipinski definition) is 0. The molecule has 2 aromatic carbocycles. The molecule has 24 heavy (non-hydrogen) atoms. The van der Waals surface area contributed by atoms with Crippen molar-refractivity contribution in [3.8, 4) is 46.7 Å². The van der Waals surface area contributed by atoms with E-state index in [9.17, 15) is 0 Å². The first-order valence-electron chi connectivity index (χ1n) is 7.54. The minimum Gasteiger partial charge on any atom is -0.477 e. The monoisotopic (exact) mass is 320 g/mol. The van der Waals surface area contributed by atoms with E-state index in [0.717, 1.165) is 0 Å². The third-order valence-corrected chi connectivity index (χ3v) is 3.15. The number of rotatable bonds is 0. The summed E-state index contributed by atoms with van der Waals surface area (Å²) in [5.41, 5.74) is 0. The Morgan fingerprint density at radius 2 is 0.708 bits per heavy atom. The summed E-state index contributed by atoms with van der Waals surface area (Å²) in [6.45, 7) is 1.03. The van der Waals surface area contributed by atoms with Gasteiger partial charge in [0.2, 0.25) is 0 Å². The van der Waals surface area contributed by atoms with Crippen molar-refractivity contribution < 1.29 is 18.9 Å². The predicted octanol–water partition coefficient (Wildman–Crippen LogP) is 2.92. The summed E-state index contributed by atoms with van der Waals surface area (Å²) >= 11 is 0. The molecule has 0 radical (unpaired) electrons. The molecule has 0 unspecified atom stereocenters. The highest BCUT2D eigenvalue weighted by molar-refractivity contribution is 5.41. The summed E-state index contributed by atoms with van der Waals surface area (Å²) in [5.74, 6) is 14.2. The van der Waals surface area contributed by atoms with Crippen LogP contribution in [0.5, 0.6) is 23.0 Å². The number of para-hydroxylation sites is 4. The number of hydrogen-bond acceptors (Lipinski definition) is 4. The minimum atomic E-state index is 0.257. The molecule has 0 amide bonds. The molecule has 0 N–H and O–H groups in total. The van der Waals surface area contributed by atoms with E-state index in [4.69, 9.17) is 18.9 Å². The van der Waals surface area contributed by atoms with Gasteiger partial charge in [-0.25, -0.2) is 0 Å². The van der Waals surface area contributed by atoms with Gasteiger partial charge in [0.25, 0.3) is 0 Å². The lowest BCUT2D eigenvalue weighted by atomic mass is 10.3. The van der Waals surface area contributed by atoms with E-state index >= 15 is 0 Å². The SMILES string of the molecule is C1#CCOc2ccccc2OCC#CCOc2ccccc2OC1. The Labute approximate surface area is 141 Å².